The summed E-state index contributed by atoms with van der Waals surface area (Å²) in [5.74, 6) is 0. The number of nitrogens with zero attached hydrogens (tertiary/aromatic N) is 2. The quantitative estimate of drug-likeness (QED) is 0.775. The minimum absolute atomic E-state index is 0.126. The molecule has 2 aromatic carbocycles. The molecule has 94 valence electrons. The molecule has 0 aliphatic heterocycles. The molecule has 1 aromatic heterocycles. The monoisotopic (exact) mass is 249 g/mol. The van der Waals surface area contributed by atoms with E-state index >= 15 is 0 Å². The third-order valence-electron chi connectivity index (χ3n) is 3.36. The highest BCUT2D eigenvalue weighted by Gasteiger charge is 2.14. The second-order valence-corrected chi connectivity index (χ2v) is 4.47. The molecule has 1 heterocycles. The van der Waals surface area contributed by atoms with Crippen molar-refractivity contribution in [1.29, 1.82) is 0 Å². The van der Waals surface area contributed by atoms with Crippen molar-refractivity contribution in [3.05, 3.63) is 72.1 Å². The molecule has 0 saturated heterocycles. The molecule has 3 heteroatoms. The van der Waals surface area contributed by atoms with Gasteiger partial charge in [0.15, 0.2) is 0 Å². The van der Waals surface area contributed by atoms with Crippen molar-refractivity contribution in [3.63, 3.8) is 0 Å². The molecule has 0 fully saturated rings. The van der Waals surface area contributed by atoms with Gasteiger partial charge in [0.1, 0.15) is 0 Å². The van der Waals surface area contributed by atoms with E-state index in [4.69, 9.17) is 0 Å². The maximum Gasteiger partial charge on any atom is 0.0596 e. The fourth-order valence-corrected chi connectivity index (χ4v) is 2.48. The van der Waals surface area contributed by atoms with Crippen LogP contribution in [-0.2, 0) is 0 Å². The molecular weight excluding hydrogens is 234 g/mol. The van der Waals surface area contributed by atoms with Gasteiger partial charge in [-0.1, -0.05) is 42.5 Å². The number of fused-ring (bicyclic) bond motifs is 1. The summed E-state index contributed by atoms with van der Waals surface area (Å²) in [6.45, 7) is 0. The average Bonchev–Trinajstić information content (AvgIpc) is 2.49. The highest BCUT2D eigenvalue weighted by Crippen LogP contribution is 2.28. The van der Waals surface area contributed by atoms with Crippen molar-refractivity contribution in [2.45, 2.75) is 6.04 Å². The van der Waals surface area contributed by atoms with Crippen LogP contribution in [0.15, 0.2) is 60.9 Å². The normalized spacial score (nSPS) is 12.5. The number of aromatic nitrogens is 2. The van der Waals surface area contributed by atoms with Gasteiger partial charge in [-0.15, -0.1) is 0 Å². The second kappa shape index (κ2) is 5.16. The lowest BCUT2D eigenvalue weighted by atomic mass is 9.95. The van der Waals surface area contributed by atoms with E-state index in [-0.39, 0.29) is 6.04 Å². The summed E-state index contributed by atoms with van der Waals surface area (Å²) in [7, 11) is 1.97. The Kier molecular flexibility index (Phi) is 3.21. The van der Waals surface area contributed by atoms with Crippen LogP contribution in [0.5, 0.6) is 0 Å². The molecule has 0 radical (unpaired) electrons. The van der Waals surface area contributed by atoms with Crippen LogP contribution in [0.2, 0.25) is 0 Å². The van der Waals surface area contributed by atoms with Crippen LogP contribution in [0.1, 0.15) is 17.2 Å². The van der Waals surface area contributed by atoms with Crippen molar-refractivity contribution >= 4 is 10.8 Å². The van der Waals surface area contributed by atoms with E-state index in [1.807, 2.05) is 19.3 Å². The van der Waals surface area contributed by atoms with E-state index in [0.29, 0.717) is 0 Å². The smallest absolute Gasteiger partial charge is 0.0596 e. The summed E-state index contributed by atoms with van der Waals surface area (Å²) in [6.07, 6.45) is 3.54. The zero-order valence-corrected chi connectivity index (χ0v) is 10.7. The Hall–Kier alpha value is -2.26. The zero-order valence-electron chi connectivity index (χ0n) is 10.7. The fourth-order valence-electron chi connectivity index (χ4n) is 2.48. The third kappa shape index (κ3) is 2.20. The predicted molar refractivity (Wildman–Crippen MR) is 76.9 cm³/mol. The van der Waals surface area contributed by atoms with Gasteiger partial charge in [0.25, 0.3) is 0 Å². The largest absolute Gasteiger partial charge is 0.309 e. The van der Waals surface area contributed by atoms with Gasteiger partial charge in [-0.25, -0.2) is 0 Å². The van der Waals surface area contributed by atoms with Gasteiger partial charge in [-0.3, -0.25) is 0 Å². The molecule has 1 N–H and O–H groups in total. The molecule has 1 atom stereocenters. The van der Waals surface area contributed by atoms with Gasteiger partial charge < -0.3 is 5.32 Å². The molecule has 0 aliphatic rings. The number of rotatable bonds is 3. The molecule has 19 heavy (non-hydrogen) atoms. The molecular formula is C16H15N3. The highest BCUT2D eigenvalue weighted by atomic mass is 15.1. The summed E-state index contributed by atoms with van der Waals surface area (Å²) >= 11 is 0. The molecule has 3 aromatic rings. The summed E-state index contributed by atoms with van der Waals surface area (Å²) in [4.78, 5) is 0. The van der Waals surface area contributed by atoms with Crippen molar-refractivity contribution < 1.29 is 0 Å². The van der Waals surface area contributed by atoms with Crippen LogP contribution < -0.4 is 5.32 Å². The third-order valence-corrected chi connectivity index (χ3v) is 3.36. The predicted octanol–water partition coefficient (Wildman–Crippen LogP) is 2.94. The molecule has 0 spiro atoms. The Labute approximate surface area is 112 Å². The van der Waals surface area contributed by atoms with E-state index in [1.54, 1.807) is 6.20 Å². The second-order valence-electron chi connectivity index (χ2n) is 4.47. The minimum atomic E-state index is 0.126. The minimum Gasteiger partial charge on any atom is -0.309 e. The summed E-state index contributed by atoms with van der Waals surface area (Å²) in [5.41, 5.74) is 2.38. The highest BCUT2D eigenvalue weighted by molar-refractivity contribution is 5.86. The number of benzene rings is 2. The van der Waals surface area contributed by atoms with Crippen LogP contribution in [0.25, 0.3) is 10.8 Å². The van der Waals surface area contributed by atoms with Crippen LogP contribution in [0.3, 0.4) is 0 Å². The first-order valence-electron chi connectivity index (χ1n) is 6.31. The van der Waals surface area contributed by atoms with Gasteiger partial charge in [-0.05, 0) is 35.0 Å². The SMILES string of the molecule is CNC(c1ccnnc1)c1cccc2ccccc12. The first-order valence-corrected chi connectivity index (χ1v) is 6.31. The van der Waals surface area contributed by atoms with Crippen molar-refractivity contribution in [3.8, 4) is 0 Å². The van der Waals surface area contributed by atoms with Crippen LogP contribution in [0.4, 0.5) is 0 Å². The van der Waals surface area contributed by atoms with Crippen molar-refractivity contribution in [2.24, 2.45) is 0 Å². The van der Waals surface area contributed by atoms with Gasteiger partial charge in [0, 0.05) is 6.20 Å². The Morgan fingerprint density at radius 1 is 0.947 bits per heavy atom. The maximum atomic E-state index is 3.97. The lowest BCUT2D eigenvalue weighted by Crippen LogP contribution is -2.18. The number of nitrogens with one attached hydrogen (secondary N) is 1. The Balaban J connectivity index is 2.17. The topological polar surface area (TPSA) is 37.8 Å². The van der Waals surface area contributed by atoms with E-state index < -0.39 is 0 Å². The molecule has 0 bridgehead atoms. The van der Waals surface area contributed by atoms with E-state index in [2.05, 4.69) is 58.0 Å². The first kappa shape index (κ1) is 11.8. The maximum absolute atomic E-state index is 3.97. The summed E-state index contributed by atoms with van der Waals surface area (Å²) < 4.78 is 0. The average molecular weight is 249 g/mol. The van der Waals surface area contributed by atoms with E-state index in [0.717, 1.165) is 5.56 Å². The van der Waals surface area contributed by atoms with Gasteiger partial charge >= 0.3 is 0 Å². The van der Waals surface area contributed by atoms with Crippen LogP contribution in [-0.4, -0.2) is 17.2 Å². The van der Waals surface area contributed by atoms with Crippen LogP contribution in [0, 0.1) is 0 Å². The van der Waals surface area contributed by atoms with Crippen molar-refractivity contribution in [1.82, 2.24) is 15.5 Å². The lowest BCUT2D eigenvalue weighted by molar-refractivity contribution is 0.690. The van der Waals surface area contributed by atoms with Crippen molar-refractivity contribution in [2.75, 3.05) is 7.05 Å². The van der Waals surface area contributed by atoms with E-state index in [1.165, 1.54) is 16.3 Å². The Bertz CT molecular complexity index is 674. The lowest BCUT2D eigenvalue weighted by Gasteiger charge is -2.18. The molecule has 0 saturated carbocycles. The number of hydrogen-bond acceptors (Lipinski definition) is 3. The Morgan fingerprint density at radius 2 is 1.79 bits per heavy atom. The van der Waals surface area contributed by atoms with E-state index in [9.17, 15) is 0 Å². The van der Waals surface area contributed by atoms with Gasteiger partial charge in [-0.2, -0.15) is 10.2 Å². The fraction of sp³-hybridized carbons (Fsp3) is 0.125. The van der Waals surface area contributed by atoms with Crippen LogP contribution >= 0.6 is 0 Å². The molecule has 0 amide bonds. The molecule has 0 aliphatic carbocycles. The number of hydrogen-bond donors (Lipinski definition) is 1. The molecule has 3 nitrogen and oxygen atoms in total. The first-order chi connectivity index (χ1) is 9.40. The molecule has 1 unspecified atom stereocenters. The summed E-state index contributed by atoms with van der Waals surface area (Å²) in [5, 5.41) is 13.7. The van der Waals surface area contributed by atoms with Gasteiger partial charge in [0.2, 0.25) is 0 Å². The summed E-state index contributed by atoms with van der Waals surface area (Å²) in [6, 6.07) is 16.9. The van der Waals surface area contributed by atoms with Gasteiger partial charge in [0.05, 0.1) is 12.2 Å². The molecule has 3 rings (SSSR count). The zero-order chi connectivity index (χ0) is 13.1. The standard InChI is InChI=1S/C16H15N3/c1-17-16(13-9-10-18-19-11-13)15-8-4-6-12-5-2-3-7-14(12)15/h2-11,16-17H,1H3. The Morgan fingerprint density at radius 3 is 2.58 bits per heavy atom.